The third-order valence-corrected chi connectivity index (χ3v) is 23.5. The van der Waals surface area contributed by atoms with Gasteiger partial charge in [-0.25, -0.2) is 38.4 Å². The Labute approximate surface area is 859 Å². The molecule has 1 saturated heterocycles. The molecule has 40 heteroatoms. The number of alkyl carbamates (subject to hydrolysis) is 8. The van der Waals surface area contributed by atoms with Crippen LogP contribution in [0.2, 0.25) is 0 Å². The van der Waals surface area contributed by atoms with E-state index in [1.165, 1.54) is 19.6 Å². The van der Waals surface area contributed by atoms with Crippen LogP contribution in [0.25, 0.3) is 0 Å². The van der Waals surface area contributed by atoms with E-state index < -0.39 is 172 Å². The van der Waals surface area contributed by atoms with Gasteiger partial charge in [0.1, 0.15) is 106 Å². The van der Waals surface area contributed by atoms with E-state index in [2.05, 4.69) is 42.5 Å². The molecule has 1 fully saturated rings. The highest BCUT2D eigenvalue weighted by atomic mass is 16.6. The lowest BCUT2D eigenvalue weighted by atomic mass is 9.96. The monoisotopic (exact) mass is 2040 g/mol. The molecule has 148 heavy (non-hydrogen) atoms. The van der Waals surface area contributed by atoms with Crippen molar-refractivity contribution in [1.82, 2.24) is 62.1 Å². The fourth-order valence-electron chi connectivity index (χ4n) is 15.0. The van der Waals surface area contributed by atoms with Gasteiger partial charge in [0.15, 0.2) is 23.1 Å². The number of hydrogen-bond donors (Lipinski definition) is 8. The van der Waals surface area contributed by atoms with Crippen LogP contribution >= 0.6 is 0 Å². The first-order valence-electron chi connectivity index (χ1n) is 49.1. The van der Waals surface area contributed by atoms with E-state index >= 15 is 0 Å². The highest BCUT2D eigenvalue weighted by molar-refractivity contribution is 5.87. The smallest absolute Gasteiger partial charge is 0.407 e. The van der Waals surface area contributed by atoms with Crippen LogP contribution in [0.15, 0.2) is 243 Å². The van der Waals surface area contributed by atoms with Crippen molar-refractivity contribution in [3.05, 3.63) is 287 Å². The summed E-state index contributed by atoms with van der Waals surface area (Å²) in [6.45, 7) is -9.39. The van der Waals surface area contributed by atoms with E-state index in [0.29, 0.717) is 0 Å². The van der Waals surface area contributed by atoms with Gasteiger partial charge in [0.05, 0.1) is 0 Å². The van der Waals surface area contributed by atoms with Gasteiger partial charge in [0.25, 0.3) is 0 Å². The molecule has 0 aliphatic carbocycles. The average molecular weight is 2050 g/mol. The van der Waals surface area contributed by atoms with Crippen molar-refractivity contribution >= 4 is 95.5 Å². The number of Topliss-reactive ketones (excluding diaryl/α,β-unsaturated/α-hetero) is 4. The van der Waals surface area contributed by atoms with E-state index in [0.717, 1.165) is 44.5 Å². The maximum Gasteiger partial charge on any atom is 0.407 e. The third-order valence-electron chi connectivity index (χ3n) is 23.5. The Kier molecular flexibility index (Phi) is 53.7. The van der Waals surface area contributed by atoms with E-state index in [1.807, 2.05) is 48.5 Å². The lowest BCUT2D eigenvalue weighted by Gasteiger charge is -2.34. The summed E-state index contributed by atoms with van der Waals surface area (Å²) >= 11 is 0. The van der Waals surface area contributed by atoms with Gasteiger partial charge in [-0.05, 0) is 95.9 Å². The zero-order valence-corrected chi connectivity index (χ0v) is 82.9. The third kappa shape index (κ3) is 48.3. The van der Waals surface area contributed by atoms with Gasteiger partial charge in [-0.2, -0.15) is 0 Å². The van der Waals surface area contributed by atoms with Crippen molar-refractivity contribution < 1.29 is 134 Å². The van der Waals surface area contributed by atoms with Gasteiger partial charge < -0.3 is 119 Å². The molecule has 0 saturated carbocycles. The minimum absolute atomic E-state index is 0.0185. The fraction of sp³-hybridized carbons (Fsp3) is 0.407. The second-order valence-corrected chi connectivity index (χ2v) is 34.4. The molecule has 0 radical (unpaired) electrons. The Morgan fingerprint density at radius 2 is 0.304 bits per heavy atom. The zero-order valence-electron chi connectivity index (χ0n) is 82.9. The van der Waals surface area contributed by atoms with Crippen molar-refractivity contribution in [3.8, 4) is 0 Å². The number of rotatable bonds is 60. The predicted molar refractivity (Wildman–Crippen MR) is 538 cm³/mol. The molecule has 12 amide bonds. The molecule has 8 aromatic rings. The van der Waals surface area contributed by atoms with Crippen LogP contribution in [0.1, 0.15) is 95.9 Å². The largest absolute Gasteiger partial charge is 0.445 e. The summed E-state index contributed by atoms with van der Waals surface area (Å²) in [6, 6.07) is 71.5. The minimum Gasteiger partial charge on any atom is -0.445 e. The van der Waals surface area contributed by atoms with Crippen LogP contribution in [0.5, 0.6) is 0 Å². The van der Waals surface area contributed by atoms with Crippen LogP contribution in [-0.2, 0) is 148 Å². The molecule has 0 aromatic heterocycles. The standard InChI is InChI=1S/C108H132N12O28/c121-93(89(41-49-109-101(129)141-65-81-25-9-1-10-26-81)42-50-110-102(130)142-66-82-27-11-2-12-28-82)73-137-77-97(125)117-57-59-118(98(126)78-138-74-94(122)90(43-51-111-103(131)143-67-83-29-13-3-14-30-83)44-52-112-104(132)144-68-84-31-15-4-16-32-84)61-63-120(100(128)80-140-76-96(124)92(47-55-115-107(135)147-71-87-37-21-7-22-38-87)48-56-116-108(136)148-72-88-39-23-8-24-40-88)64-62-119(60-58-117)99(127)79-139-75-95(123)91(45-53-113-105(133)145-69-85-33-17-5-18-34-85)46-54-114-106(134)146-70-86-35-19-6-20-36-86/h1-40,89-92H,41-80H2,(H,109,129)(H,110,130)(H,111,131)(H,112,132)(H,113,133)(H,114,134)(H,115,135)(H,116,136). The highest BCUT2D eigenvalue weighted by Crippen LogP contribution is 2.19. The SMILES string of the molecule is O=C(NCCC(CCNC(=O)OCc1ccccc1)C(=O)COCC(=O)N1CCN(C(=O)COCC(=O)C(CCNC(=O)OCc2ccccc2)CCNC(=O)OCc2ccccc2)CCN(C(=O)COCC(=O)C(CCNC(=O)OCc2ccccc2)CCNC(=O)OCc2ccccc2)CCN(C(=O)COCC(=O)C(CCNC(=O)OCc2ccccc2)CCNC(=O)OCc2ccccc2)CC1)OCc1ccccc1. The Bertz CT molecular complexity index is 4470. The quantitative estimate of drug-likeness (QED) is 0.0164. The number of amides is 12. The van der Waals surface area contributed by atoms with E-state index in [1.54, 1.807) is 194 Å². The van der Waals surface area contributed by atoms with Gasteiger partial charge in [0, 0.05) is 128 Å². The van der Waals surface area contributed by atoms with Crippen molar-refractivity contribution in [3.63, 3.8) is 0 Å². The molecule has 1 heterocycles. The molecule has 0 bridgehead atoms. The highest BCUT2D eigenvalue weighted by Gasteiger charge is 2.31. The van der Waals surface area contributed by atoms with Crippen LogP contribution in [0.3, 0.4) is 0 Å². The summed E-state index contributed by atoms with van der Waals surface area (Å²) in [5.41, 5.74) is 5.80. The average Bonchev–Trinajstić information content (AvgIpc) is 0.863. The van der Waals surface area contributed by atoms with Crippen LogP contribution in [0, 0.1) is 23.7 Å². The summed E-state index contributed by atoms with van der Waals surface area (Å²) in [7, 11) is 0. The number of ether oxygens (including phenoxy) is 12. The summed E-state index contributed by atoms with van der Waals surface area (Å²) in [4.78, 5) is 226. The number of ketones is 4. The van der Waals surface area contributed by atoms with Crippen LogP contribution in [-0.4, -0.2) is 273 Å². The first-order chi connectivity index (χ1) is 72.0. The molecule has 40 nitrogen and oxygen atoms in total. The molecule has 9 rings (SSSR count). The number of hydrogen-bond acceptors (Lipinski definition) is 28. The van der Waals surface area contributed by atoms with Crippen molar-refractivity contribution in [2.75, 3.05) is 158 Å². The topological polar surface area (TPSA) is 493 Å². The van der Waals surface area contributed by atoms with Crippen LogP contribution in [0.4, 0.5) is 38.4 Å². The number of carbonyl (C=O) groups is 16. The normalized spacial score (nSPS) is 12.1. The van der Waals surface area contributed by atoms with E-state index in [4.69, 9.17) is 56.8 Å². The number of benzene rings is 8. The maximum absolute atomic E-state index is 15.0. The number of nitrogens with one attached hydrogen (secondary N) is 8. The summed E-state index contributed by atoms with van der Waals surface area (Å²) in [5, 5.41) is 21.2. The van der Waals surface area contributed by atoms with Gasteiger partial charge in [-0.3, -0.25) is 38.4 Å². The van der Waals surface area contributed by atoms with Crippen molar-refractivity contribution in [1.29, 1.82) is 0 Å². The summed E-state index contributed by atoms with van der Waals surface area (Å²) < 4.78 is 66.9. The Balaban J connectivity index is 0.945. The minimum atomic E-state index is -0.903. The molecule has 792 valence electrons. The first kappa shape index (κ1) is 116. The molecule has 1 aliphatic heterocycles. The zero-order chi connectivity index (χ0) is 105. The Morgan fingerprint density at radius 3 is 0.426 bits per heavy atom. The maximum atomic E-state index is 15.0. The second kappa shape index (κ2) is 68.6. The summed E-state index contributed by atoms with van der Waals surface area (Å²) in [5.74, 6) is -8.78. The molecule has 8 N–H and O–H groups in total. The van der Waals surface area contributed by atoms with Gasteiger partial charge in [0.2, 0.25) is 23.6 Å². The molecular weight excluding hydrogens is 1910 g/mol. The van der Waals surface area contributed by atoms with Crippen molar-refractivity contribution in [2.24, 2.45) is 23.7 Å². The van der Waals surface area contributed by atoms with E-state index in [9.17, 15) is 76.7 Å². The van der Waals surface area contributed by atoms with Gasteiger partial charge >= 0.3 is 48.7 Å². The molecule has 1 aliphatic rings. The van der Waals surface area contributed by atoms with Crippen molar-refractivity contribution in [2.45, 2.75) is 104 Å². The molecule has 0 unspecified atom stereocenters. The Morgan fingerprint density at radius 1 is 0.182 bits per heavy atom. The number of nitrogens with zero attached hydrogens (tertiary/aromatic N) is 4. The molecule has 0 atom stereocenters. The van der Waals surface area contributed by atoms with E-state index in [-0.39, 0.29) is 209 Å². The predicted octanol–water partition coefficient (Wildman–Crippen LogP) is 10.7. The molecular formula is C108H132N12O28. The first-order valence-corrected chi connectivity index (χ1v) is 49.1. The number of carbonyl (C=O) groups excluding carboxylic acids is 16. The van der Waals surface area contributed by atoms with Gasteiger partial charge in [-0.1, -0.05) is 243 Å². The molecule has 0 spiro atoms. The van der Waals surface area contributed by atoms with Crippen LogP contribution < -0.4 is 42.5 Å². The molecule has 8 aromatic carbocycles. The van der Waals surface area contributed by atoms with Gasteiger partial charge in [-0.15, -0.1) is 0 Å². The lowest BCUT2D eigenvalue weighted by Crippen LogP contribution is -2.52. The Hall–Kier alpha value is -15.7. The fourth-order valence-corrected chi connectivity index (χ4v) is 15.0. The summed E-state index contributed by atoms with van der Waals surface area (Å²) in [6.07, 6.45) is -6.00. The second-order valence-electron chi connectivity index (χ2n) is 34.4. The lowest BCUT2D eigenvalue weighted by molar-refractivity contribution is -0.146.